The normalized spacial score (nSPS) is 17.0. The molecule has 1 aromatic carbocycles. The molecule has 1 fully saturated rings. The molecule has 4 rings (SSSR count). The fourth-order valence-corrected chi connectivity index (χ4v) is 4.71. The highest BCUT2D eigenvalue weighted by Gasteiger charge is 2.31. The number of aromatic nitrogens is 3. The predicted molar refractivity (Wildman–Crippen MR) is 96.4 cm³/mol. The van der Waals surface area contributed by atoms with E-state index in [1.165, 1.54) is 15.9 Å². The Balaban J connectivity index is 1.86. The average Bonchev–Trinajstić information content (AvgIpc) is 3.24. The van der Waals surface area contributed by atoms with E-state index in [1.807, 2.05) is 19.1 Å². The molecule has 5 nitrogen and oxygen atoms in total. The maximum absolute atomic E-state index is 10.7. The molecular weight excluding hydrogens is 367 g/mol. The van der Waals surface area contributed by atoms with Crippen LogP contribution >= 0.6 is 34.5 Å². The molecule has 1 aliphatic heterocycles. The summed E-state index contributed by atoms with van der Waals surface area (Å²) in [5.74, 6) is 0.800. The van der Waals surface area contributed by atoms with Crippen molar-refractivity contribution in [1.82, 2.24) is 19.5 Å². The van der Waals surface area contributed by atoms with E-state index < -0.39 is 0 Å². The standard InChI is InChI=1S/C16H16Cl2N4OS/c1-9-19-16-22(20-9)15(23)14(24-16)13(21-6-2-3-7-21)10-4-5-11(17)12(18)8-10/h4-5,8,13,23H,2-3,6-7H2,1H3/t13-/m0/s1. The predicted octanol–water partition coefficient (Wildman–Crippen LogP) is 4.30. The Morgan fingerprint density at radius 2 is 1.96 bits per heavy atom. The van der Waals surface area contributed by atoms with Gasteiger partial charge in [-0.1, -0.05) is 40.6 Å². The first-order chi connectivity index (χ1) is 11.5. The molecule has 0 unspecified atom stereocenters. The summed E-state index contributed by atoms with van der Waals surface area (Å²) >= 11 is 13.8. The summed E-state index contributed by atoms with van der Waals surface area (Å²) in [7, 11) is 0. The number of halogens is 2. The molecule has 0 spiro atoms. The van der Waals surface area contributed by atoms with Crippen molar-refractivity contribution in [3.05, 3.63) is 44.5 Å². The molecule has 126 valence electrons. The molecule has 0 radical (unpaired) electrons. The highest BCUT2D eigenvalue weighted by molar-refractivity contribution is 7.17. The molecule has 24 heavy (non-hydrogen) atoms. The van der Waals surface area contributed by atoms with Crippen LogP contribution in [-0.4, -0.2) is 37.7 Å². The van der Waals surface area contributed by atoms with E-state index in [1.54, 1.807) is 6.07 Å². The topological polar surface area (TPSA) is 53.7 Å². The monoisotopic (exact) mass is 382 g/mol. The van der Waals surface area contributed by atoms with Crippen molar-refractivity contribution in [2.24, 2.45) is 0 Å². The third-order valence-electron chi connectivity index (χ3n) is 4.32. The Bertz CT molecular complexity index is 901. The second kappa shape index (κ2) is 6.19. The van der Waals surface area contributed by atoms with Crippen molar-refractivity contribution < 1.29 is 5.11 Å². The number of aryl methyl sites for hydroxylation is 1. The number of rotatable bonds is 3. The maximum Gasteiger partial charge on any atom is 0.230 e. The van der Waals surface area contributed by atoms with Gasteiger partial charge in [-0.05, 0) is 50.6 Å². The van der Waals surface area contributed by atoms with Crippen molar-refractivity contribution >= 4 is 39.5 Å². The quantitative estimate of drug-likeness (QED) is 0.733. The van der Waals surface area contributed by atoms with Gasteiger partial charge < -0.3 is 5.11 Å². The Morgan fingerprint density at radius 3 is 2.62 bits per heavy atom. The summed E-state index contributed by atoms with van der Waals surface area (Å²) in [5, 5.41) is 16.0. The van der Waals surface area contributed by atoms with Gasteiger partial charge in [-0.25, -0.2) is 4.98 Å². The van der Waals surface area contributed by atoms with Crippen LogP contribution in [0.1, 0.15) is 35.1 Å². The Morgan fingerprint density at radius 1 is 1.21 bits per heavy atom. The van der Waals surface area contributed by atoms with Crippen LogP contribution in [0.15, 0.2) is 18.2 Å². The van der Waals surface area contributed by atoms with E-state index in [4.69, 9.17) is 23.2 Å². The van der Waals surface area contributed by atoms with Crippen molar-refractivity contribution in [2.75, 3.05) is 13.1 Å². The minimum Gasteiger partial charge on any atom is -0.492 e. The van der Waals surface area contributed by atoms with Crippen LogP contribution in [-0.2, 0) is 0 Å². The summed E-state index contributed by atoms with van der Waals surface area (Å²) in [4.78, 5) is 8.27. The number of benzene rings is 1. The lowest BCUT2D eigenvalue weighted by Crippen LogP contribution is -2.26. The first-order valence-electron chi connectivity index (χ1n) is 7.78. The molecule has 0 amide bonds. The van der Waals surface area contributed by atoms with Crippen LogP contribution in [0.3, 0.4) is 0 Å². The summed E-state index contributed by atoms with van der Waals surface area (Å²) in [5.41, 5.74) is 1.02. The summed E-state index contributed by atoms with van der Waals surface area (Å²) in [6, 6.07) is 5.59. The molecule has 0 aliphatic carbocycles. The van der Waals surface area contributed by atoms with Crippen LogP contribution in [0.5, 0.6) is 5.88 Å². The molecule has 1 N–H and O–H groups in total. The lowest BCUT2D eigenvalue weighted by Gasteiger charge is -2.27. The first kappa shape index (κ1) is 16.1. The van der Waals surface area contributed by atoms with Gasteiger partial charge >= 0.3 is 0 Å². The molecule has 2 aromatic heterocycles. The second-order valence-corrected chi connectivity index (χ2v) is 7.79. The lowest BCUT2D eigenvalue weighted by atomic mass is 10.0. The second-order valence-electron chi connectivity index (χ2n) is 5.96. The summed E-state index contributed by atoms with van der Waals surface area (Å²) in [6.07, 6.45) is 2.30. The van der Waals surface area contributed by atoms with E-state index in [0.29, 0.717) is 20.8 Å². The van der Waals surface area contributed by atoms with Crippen LogP contribution in [0, 0.1) is 6.92 Å². The third-order valence-corrected chi connectivity index (χ3v) is 6.13. The molecule has 1 saturated heterocycles. The van der Waals surface area contributed by atoms with Crippen molar-refractivity contribution in [1.29, 1.82) is 0 Å². The van der Waals surface area contributed by atoms with E-state index in [0.717, 1.165) is 36.4 Å². The van der Waals surface area contributed by atoms with Gasteiger partial charge in [0.25, 0.3) is 0 Å². The van der Waals surface area contributed by atoms with Crippen molar-refractivity contribution in [2.45, 2.75) is 25.8 Å². The molecular formula is C16H16Cl2N4OS. The molecule has 3 aromatic rings. The number of hydrogen-bond acceptors (Lipinski definition) is 5. The van der Waals surface area contributed by atoms with Gasteiger partial charge in [0, 0.05) is 0 Å². The minimum absolute atomic E-state index is 0.0731. The van der Waals surface area contributed by atoms with Gasteiger partial charge in [-0.15, -0.1) is 5.10 Å². The molecule has 1 atom stereocenters. The molecule has 0 bridgehead atoms. The Labute approximate surface area is 153 Å². The number of thiazole rings is 1. The summed E-state index contributed by atoms with van der Waals surface area (Å²) in [6.45, 7) is 3.78. The number of hydrogen-bond donors (Lipinski definition) is 1. The van der Waals surface area contributed by atoms with E-state index in [2.05, 4.69) is 15.0 Å². The molecule has 1 aliphatic rings. The fraction of sp³-hybridized carbons (Fsp3) is 0.375. The number of aromatic hydroxyl groups is 1. The average molecular weight is 383 g/mol. The van der Waals surface area contributed by atoms with Gasteiger partial charge in [-0.2, -0.15) is 4.52 Å². The van der Waals surface area contributed by atoms with Crippen LogP contribution in [0.2, 0.25) is 10.0 Å². The zero-order valence-electron chi connectivity index (χ0n) is 13.0. The molecule has 8 heteroatoms. The molecule has 3 heterocycles. The van der Waals surface area contributed by atoms with Crippen molar-refractivity contribution in [3.8, 4) is 5.88 Å². The van der Waals surface area contributed by atoms with Gasteiger partial charge in [0.1, 0.15) is 5.82 Å². The van der Waals surface area contributed by atoms with Gasteiger partial charge in [0.05, 0.1) is 21.0 Å². The van der Waals surface area contributed by atoms with Gasteiger partial charge in [0.2, 0.25) is 10.8 Å². The zero-order valence-corrected chi connectivity index (χ0v) is 15.4. The maximum atomic E-state index is 10.7. The summed E-state index contributed by atoms with van der Waals surface area (Å²) < 4.78 is 1.51. The highest BCUT2D eigenvalue weighted by atomic mass is 35.5. The number of nitrogens with zero attached hydrogens (tertiary/aromatic N) is 4. The number of likely N-dealkylation sites (tertiary alicyclic amines) is 1. The lowest BCUT2D eigenvalue weighted by molar-refractivity contribution is 0.277. The van der Waals surface area contributed by atoms with Gasteiger partial charge in [-0.3, -0.25) is 4.90 Å². The van der Waals surface area contributed by atoms with Crippen LogP contribution in [0.4, 0.5) is 0 Å². The zero-order chi connectivity index (χ0) is 16.8. The van der Waals surface area contributed by atoms with E-state index in [-0.39, 0.29) is 11.9 Å². The van der Waals surface area contributed by atoms with Crippen molar-refractivity contribution in [3.63, 3.8) is 0 Å². The van der Waals surface area contributed by atoms with Crippen LogP contribution < -0.4 is 0 Å². The highest BCUT2D eigenvalue weighted by Crippen LogP contribution is 2.42. The van der Waals surface area contributed by atoms with Gasteiger partial charge in [0.15, 0.2) is 0 Å². The van der Waals surface area contributed by atoms with Crippen LogP contribution in [0.25, 0.3) is 4.96 Å². The van der Waals surface area contributed by atoms with E-state index >= 15 is 0 Å². The number of fused-ring (bicyclic) bond motifs is 1. The third kappa shape index (κ3) is 2.67. The smallest absolute Gasteiger partial charge is 0.230 e. The largest absolute Gasteiger partial charge is 0.492 e. The first-order valence-corrected chi connectivity index (χ1v) is 9.36. The SMILES string of the molecule is Cc1nc2sc([C@H](c3ccc(Cl)c(Cl)c3)N3CCCC3)c(O)n2n1. The fourth-order valence-electron chi connectivity index (χ4n) is 3.24. The van der Waals surface area contributed by atoms with E-state index in [9.17, 15) is 5.11 Å². The molecule has 0 saturated carbocycles. The Hall–Kier alpha value is -1.34. The Kier molecular flexibility index (Phi) is 4.16. The minimum atomic E-state index is -0.0731.